The lowest BCUT2D eigenvalue weighted by molar-refractivity contribution is -0.129. The Balaban J connectivity index is 2.52. The molecule has 192 valence electrons. The molecule has 6 heteroatoms. The smallest absolute Gasteiger partial charge is 0.363 e. The Morgan fingerprint density at radius 1 is 0.882 bits per heavy atom. The summed E-state index contributed by atoms with van der Waals surface area (Å²) in [5, 5.41) is 14.9. The molecule has 0 saturated heterocycles. The van der Waals surface area contributed by atoms with E-state index in [1.54, 1.807) is 7.05 Å². The van der Waals surface area contributed by atoms with Gasteiger partial charge in [0, 0.05) is 7.05 Å². The van der Waals surface area contributed by atoms with Gasteiger partial charge in [-0.2, -0.15) is 5.10 Å². The van der Waals surface area contributed by atoms with Crippen LogP contribution in [0.25, 0.3) is 0 Å². The second kappa shape index (κ2) is 17.6. The van der Waals surface area contributed by atoms with Crippen LogP contribution in [0.5, 0.6) is 0 Å². The van der Waals surface area contributed by atoms with Crippen molar-refractivity contribution >= 4 is 28.7 Å². The minimum Gasteiger partial charge on any atom is -0.476 e. The molecular weight excluding hydrogens is 444 g/mol. The zero-order chi connectivity index (χ0) is 25.3. The Labute approximate surface area is 211 Å². The number of hydrogen-bond donors (Lipinski definition) is 1. The molecule has 1 rings (SSSR count). The van der Waals surface area contributed by atoms with Crippen molar-refractivity contribution in [3.05, 3.63) is 34.4 Å². The number of thioether (sulfide) groups is 1. The lowest BCUT2D eigenvalue weighted by Crippen LogP contribution is -2.27. The number of nitrogens with zero attached hydrogens (tertiary/aromatic N) is 2. The fourth-order valence-corrected chi connectivity index (χ4v) is 5.02. The number of carboxylic acids is 1. The molecule has 0 heterocycles. The van der Waals surface area contributed by atoms with Crippen molar-refractivity contribution in [3.8, 4) is 0 Å². The van der Waals surface area contributed by atoms with E-state index in [0.29, 0.717) is 5.75 Å². The van der Waals surface area contributed by atoms with Crippen molar-refractivity contribution in [2.24, 2.45) is 5.10 Å². The second-order valence-electron chi connectivity index (χ2n) is 9.10. The number of hydrazone groups is 1. The summed E-state index contributed by atoms with van der Waals surface area (Å²) in [5.74, 6) is -0.552. The monoisotopic (exact) mass is 490 g/mol. The lowest BCUT2D eigenvalue weighted by atomic mass is 9.92. The maximum atomic E-state index is 12.9. The first kappa shape index (κ1) is 30.2. The van der Waals surface area contributed by atoms with Crippen LogP contribution in [0.2, 0.25) is 0 Å². The third-order valence-electron chi connectivity index (χ3n) is 6.19. The van der Waals surface area contributed by atoms with E-state index in [-0.39, 0.29) is 17.4 Å². The van der Waals surface area contributed by atoms with E-state index < -0.39 is 5.97 Å². The summed E-state index contributed by atoms with van der Waals surface area (Å²) < 4.78 is 0. The summed E-state index contributed by atoms with van der Waals surface area (Å²) in [7, 11) is 1.55. The zero-order valence-corrected chi connectivity index (χ0v) is 22.9. The van der Waals surface area contributed by atoms with E-state index in [2.05, 4.69) is 44.9 Å². The maximum Gasteiger partial charge on any atom is 0.363 e. The molecule has 1 aromatic rings. The first-order valence-corrected chi connectivity index (χ1v) is 14.1. The van der Waals surface area contributed by atoms with E-state index in [4.69, 9.17) is 0 Å². The highest BCUT2D eigenvalue weighted by atomic mass is 32.2. The van der Waals surface area contributed by atoms with Gasteiger partial charge in [0.2, 0.25) is 11.0 Å². The van der Waals surface area contributed by atoms with Crippen LogP contribution in [0.3, 0.4) is 0 Å². The Kier molecular flexibility index (Phi) is 15.6. The summed E-state index contributed by atoms with van der Waals surface area (Å²) in [4.78, 5) is 24.5. The fourth-order valence-electron chi connectivity index (χ4n) is 4.18. The molecule has 1 aromatic carbocycles. The molecule has 0 radical (unpaired) electrons. The van der Waals surface area contributed by atoms with Crippen LogP contribution in [0.1, 0.15) is 107 Å². The van der Waals surface area contributed by atoms with Crippen molar-refractivity contribution in [3.63, 3.8) is 0 Å². The summed E-state index contributed by atoms with van der Waals surface area (Å²) in [6, 6.07) is 4.27. The number of unbranched alkanes of at least 4 members (excludes halogenated alkanes) is 9. The van der Waals surface area contributed by atoms with Gasteiger partial charge in [-0.1, -0.05) is 108 Å². The van der Waals surface area contributed by atoms with Gasteiger partial charge in [-0.25, -0.2) is 9.80 Å². The third-order valence-corrected chi connectivity index (χ3v) is 7.21. The van der Waals surface area contributed by atoms with Crippen molar-refractivity contribution in [2.75, 3.05) is 12.8 Å². The third kappa shape index (κ3) is 11.5. The highest BCUT2D eigenvalue weighted by Crippen LogP contribution is 2.21. The van der Waals surface area contributed by atoms with Gasteiger partial charge >= 0.3 is 5.97 Å². The first-order chi connectivity index (χ1) is 16.3. The minimum absolute atomic E-state index is 0.0119. The molecular formula is C28H46N2O3S. The number of aliphatic carboxylic acids is 1. The quantitative estimate of drug-likeness (QED) is 0.115. The van der Waals surface area contributed by atoms with Gasteiger partial charge < -0.3 is 5.11 Å². The molecule has 5 nitrogen and oxygen atoms in total. The van der Waals surface area contributed by atoms with E-state index in [0.717, 1.165) is 31.2 Å². The molecule has 34 heavy (non-hydrogen) atoms. The second-order valence-corrected chi connectivity index (χ2v) is 10.2. The molecule has 0 aliphatic carbocycles. The molecule has 1 amide bonds. The number of likely N-dealkylation sites (N-methyl/N-ethyl adjacent to an activating group) is 1. The van der Waals surface area contributed by atoms with Crippen molar-refractivity contribution < 1.29 is 14.7 Å². The summed E-state index contributed by atoms with van der Waals surface area (Å²) >= 11 is 1.23. The van der Waals surface area contributed by atoms with Gasteiger partial charge in [0.05, 0.1) is 6.42 Å². The number of hydrogen-bond acceptors (Lipinski definition) is 4. The average molecular weight is 491 g/mol. The number of carboxylic acid groups (broad SMARTS) is 1. The number of benzene rings is 1. The standard InChI is InChI=1S/C28H46N2O3S/c1-6-9-10-11-12-13-14-15-16-17-18-34-27(28(32)33)29-30(5)26(31)21-25-23(7-2)19-22(4)20-24(25)8-3/h19-20H,6-18,21H2,1-5H3,(H,32,33). The Morgan fingerprint density at radius 3 is 1.85 bits per heavy atom. The summed E-state index contributed by atoms with van der Waals surface area (Å²) in [5.41, 5.74) is 4.61. The van der Waals surface area contributed by atoms with Gasteiger partial charge in [0.1, 0.15) is 0 Å². The molecule has 0 fully saturated rings. The summed E-state index contributed by atoms with van der Waals surface area (Å²) in [6.07, 6.45) is 14.4. The molecule has 0 atom stereocenters. The normalized spacial score (nSPS) is 11.6. The highest BCUT2D eigenvalue weighted by molar-refractivity contribution is 8.15. The predicted octanol–water partition coefficient (Wildman–Crippen LogP) is 7.17. The van der Waals surface area contributed by atoms with Crippen LogP contribution in [0.15, 0.2) is 17.2 Å². The van der Waals surface area contributed by atoms with Crippen LogP contribution in [-0.4, -0.2) is 39.8 Å². The number of carbonyl (C=O) groups excluding carboxylic acids is 1. The van der Waals surface area contributed by atoms with Gasteiger partial charge in [0.15, 0.2) is 0 Å². The van der Waals surface area contributed by atoms with Crippen LogP contribution in [-0.2, 0) is 28.9 Å². The molecule has 0 bridgehead atoms. The predicted molar refractivity (Wildman–Crippen MR) is 146 cm³/mol. The summed E-state index contributed by atoms with van der Waals surface area (Å²) in [6.45, 7) is 8.50. The van der Waals surface area contributed by atoms with Crippen LogP contribution < -0.4 is 0 Å². The van der Waals surface area contributed by atoms with Gasteiger partial charge in [-0.15, -0.1) is 0 Å². The largest absolute Gasteiger partial charge is 0.476 e. The highest BCUT2D eigenvalue weighted by Gasteiger charge is 2.18. The van der Waals surface area contributed by atoms with E-state index in [1.165, 1.54) is 84.8 Å². The van der Waals surface area contributed by atoms with Crippen molar-refractivity contribution in [1.29, 1.82) is 0 Å². The van der Waals surface area contributed by atoms with Crippen LogP contribution in [0, 0.1) is 6.92 Å². The number of rotatable bonds is 16. The molecule has 0 aliphatic rings. The number of amides is 1. The molecule has 0 aliphatic heterocycles. The van der Waals surface area contributed by atoms with Crippen molar-refractivity contribution in [2.45, 2.75) is 111 Å². The Bertz CT molecular complexity index is 767. The van der Waals surface area contributed by atoms with Crippen LogP contribution >= 0.6 is 11.8 Å². The SMILES string of the molecule is CCCCCCCCCCCCSC(=NN(C)C(=O)Cc1c(CC)cc(C)cc1CC)C(=O)O. The molecule has 0 unspecified atom stereocenters. The fraction of sp³-hybridized carbons (Fsp3) is 0.679. The first-order valence-electron chi connectivity index (χ1n) is 13.2. The zero-order valence-electron chi connectivity index (χ0n) is 22.1. The minimum atomic E-state index is -1.07. The van der Waals surface area contributed by atoms with Crippen molar-refractivity contribution in [1.82, 2.24) is 5.01 Å². The Hall–Kier alpha value is -1.82. The molecule has 1 N–H and O–H groups in total. The topological polar surface area (TPSA) is 70.0 Å². The van der Waals surface area contributed by atoms with Gasteiger partial charge in [-0.05, 0) is 48.6 Å². The molecule has 0 saturated carbocycles. The molecule has 0 spiro atoms. The van der Waals surface area contributed by atoms with E-state index >= 15 is 0 Å². The average Bonchev–Trinajstić information content (AvgIpc) is 2.81. The Morgan fingerprint density at radius 2 is 1.38 bits per heavy atom. The van der Waals surface area contributed by atoms with Gasteiger partial charge in [0.25, 0.3) is 0 Å². The number of carbonyl (C=O) groups is 2. The van der Waals surface area contributed by atoms with E-state index in [9.17, 15) is 14.7 Å². The molecule has 0 aromatic heterocycles. The van der Waals surface area contributed by atoms with Crippen LogP contribution in [0.4, 0.5) is 0 Å². The van der Waals surface area contributed by atoms with Gasteiger partial charge in [-0.3, -0.25) is 4.79 Å². The maximum absolute atomic E-state index is 12.9. The lowest BCUT2D eigenvalue weighted by Gasteiger charge is -2.17. The van der Waals surface area contributed by atoms with E-state index in [1.807, 2.05) is 0 Å². The number of aryl methyl sites for hydroxylation is 3.